The minimum atomic E-state index is -0.659. The van der Waals surface area contributed by atoms with Crippen molar-refractivity contribution in [3.8, 4) is 11.1 Å². The van der Waals surface area contributed by atoms with E-state index in [9.17, 15) is 19.1 Å². The van der Waals surface area contributed by atoms with Crippen LogP contribution < -0.4 is 16.0 Å². The van der Waals surface area contributed by atoms with Gasteiger partial charge in [0.25, 0.3) is 0 Å². The first-order chi connectivity index (χ1) is 17.5. The lowest BCUT2D eigenvalue weighted by atomic mass is 9.97. The molecule has 4 rings (SSSR count). The Hall–Kier alpha value is -3.75. The predicted molar refractivity (Wildman–Crippen MR) is 136 cm³/mol. The van der Waals surface area contributed by atoms with Crippen molar-refractivity contribution >= 4 is 17.6 Å². The second-order valence-corrected chi connectivity index (χ2v) is 8.79. The van der Waals surface area contributed by atoms with E-state index in [1.54, 1.807) is 6.07 Å². The summed E-state index contributed by atoms with van der Waals surface area (Å²) in [6.07, 6.45) is 0.200. The third-order valence-electron chi connectivity index (χ3n) is 6.20. The van der Waals surface area contributed by atoms with E-state index < -0.39 is 24.0 Å². The summed E-state index contributed by atoms with van der Waals surface area (Å²) in [5, 5.41) is 17.9. The summed E-state index contributed by atoms with van der Waals surface area (Å²) < 4.78 is 19.6. The molecule has 1 aliphatic heterocycles. The highest BCUT2D eigenvalue weighted by molar-refractivity contribution is 5.89. The fourth-order valence-electron chi connectivity index (χ4n) is 4.26. The molecule has 0 spiro atoms. The van der Waals surface area contributed by atoms with Gasteiger partial charge in [0.2, 0.25) is 5.91 Å². The fourth-order valence-corrected chi connectivity index (χ4v) is 4.26. The topological polar surface area (TPSA) is 99.7 Å². The second-order valence-electron chi connectivity index (χ2n) is 8.79. The Labute approximate surface area is 209 Å². The van der Waals surface area contributed by atoms with Crippen LogP contribution >= 0.6 is 0 Å². The van der Waals surface area contributed by atoms with Crippen LogP contribution in [0.1, 0.15) is 24.8 Å². The van der Waals surface area contributed by atoms with Crippen LogP contribution in [0.5, 0.6) is 0 Å². The summed E-state index contributed by atoms with van der Waals surface area (Å²) in [5.41, 5.74) is 3.31. The average Bonchev–Trinajstić information content (AvgIpc) is 2.90. The van der Waals surface area contributed by atoms with Crippen molar-refractivity contribution in [2.24, 2.45) is 0 Å². The van der Waals surface area contributed by atoms with Gasteiger partial charge in [0.05, 0.1) is 30.9 Å². The Morgan fingerprint density at radius 2 is 1.61 bits per heavy atom. The van der Waals surface area contributed by atoms with Crippen LogP contribution in [0.25, 0.3) is 11.1 Å². The molecular formula is C28H30FN3O4. The van der Waals surface area contributed by atoms with E-state index in [0.29, 0.717) is 19.4 Å². The number of rotatable bonds is 8. The Morgan fingerprint density at radius 3 is 2.33 bits per heavy atom. The lowest BCUT2D eigenvalue weighted by Gasteiger charge is -2.35. The molecule has 3 aromatic rings. The first-order valence-corrected chi connectivity index (χ1v) is 12.0. The van der Waals surface area contributed by atoms with Crippen molar-refractivity contribution in [1.29, 1.82) is 0 Å². The molecule has 4 N–H and O–H groups in total. The third-order valence-corrected chi connectivity index (χ3v) is 6.20. The molecule has 0 bridgehead atoms. The van der Waals surface area contributed by atoms with E-state index in [-0.39, 0.29) is 30.7 Å². The quantitative estimate of drug-likeness (QED) is 0.379. The molecule has 0 radical (unpaired) electrons. The van der Waals surface area contributed by atoms with Crippen LogP contribution in [-0.2, 0) is 16.1 Å². The molecule has 1 heterocycles. The number of halogens is 1. The van der Waals surface area contributed by atoms with Crippen molar-refractivity contribution < 1.29 is 23.8 Å². The minimum Gasteiger partial charge on any atom is -0.394 e. The summed E-state index contributed by atoms with van der Waals surface area (Å²) in [6, 6.07) is 23.0. The number of hydrogen-bond donors (Lipinski definition) is 4. The molecule has 1 saturated heterocycles. The van der Waals surface area contributed by atoms with Crippen molar-refractivity contribution in [1.82, 2.24) is 10.6 Å². The number of carbonyl (C=O) groups is 2. The van der Waals surface area contributed by atoms with Gasteiger partial charge in [-0.3, -0.25) is 4.79 Å². The van der Waals surface area contributed by atoms with E-state index in [4.69, 9.17) is 4.74 Å². The Morgan fingerprint density at radius 1 is 0.917 bits per heavy atom. The van der Waals surface area contributed by atoms with Crippen molar-refractivity contribution in [2.45, 2.75) is 44.1 Å². The smallest absolute Gasteiger partial charge is 0.319 e. The van der Waals surface area contributed by atoms with Gasteiger partial charge in [-0.25, -0.2) is 9.18 Å². The standard InChI is InChI=1S/C28H30FN3O4/c29-23-8-4-5-9-24(23)31-28(35)32-25-15-14-22(36-26(25)18-33)16-27(34)30-17-19-10-12-21(13-11-19)20-6-2-1-3-7-20/h1-13,22,25-26,33H,14-18H2,(H,30,34)(H2,31,32,35)/t22-,25+,26-/m1/s1. The lowest BCUT2D eigenvalue weighted by Crippen LogP contribution is -2.52. The number of ether oxygens (including phenoxy) is 1. The minimum absolute atomic E-state index is 0.0662. The number of benzene rings is 3. The zero-order chi connectivity index (χ0) is 25.3. The largest absolute Gasteiger partial charge is 0.394 e. The molecule has 3 aromatic carbocycles. The van der Waals surface area contributed by atoms with Crippen LogP contribution in [0.3, 0.4) is 0 Å². The van der Waals surface area contributed by atoms with E-state index in [0.717, 1.165) is 16.7 Å². The molecule has 1 aliphatic rings. The average molecular weight is 492 g/mol. The number of urea groups is 1. The molecular weight excluding hydrogens is 461 g/mol. The van der Waals surface area contributed by atoms with Gasteiger partial charge in [-0.05, 0) is 41.7 Å². The van der Waals surface area contributed by atoms with Gasteiger partial charge in [-0.1, -0.05) is 66.7 Å². The van der Waals surface area contributed by atoms with Crippen LogP contribution in [0.4, 0.5) is 14.9 Å². The van der Waals surface area contributed by atoms with Gasteiger partial charge in [-0.2, -0.15) is 0 Å². The highest BCUT2D eigenvalue weighted by Gasteiger charge is 2.33. The predicted octanol–water partition coefficient (Wildman–Crippen LogP) is 4.23. The summed E-state index contributed by atoms with van der Waals surface area (Å²) >= 11 is 0. The molecule has 8 heteroatoms. The maximum absolute atomic E-state index is 13.8. The van der Waals surface area contributed by atoms with Gasteiger partial charge in [0.15, 0.2) is 0 Å². The highest BCUT2D eigenvalue weighted by atomic mass is 19.1. The zero-order valence-electron chi connectivity index (χ0n) is 19.8. The molecule has 0 aromatic heterocycles. The van der Waals surface area contributed by atoms with Crippen molar-refractivity contribution in [2.75, 3.05) is 11.9 Å². The number of amides is 3. The molecule has 0 unspecified atom stereocenters. The van der Waals surface area contributed by atoms with Crippen LogP contribution in [0, 0.1) is 5.82 Å². The van der Waals surface area contributed by atoms with Gasteiger partial charge >= 0.3 is 6.03 Å². The Balaban J connectivity index is 1.22. The number of aliphatic hydroxyl groups excluding tert-OH is 1. The van der Waals surface area contributed by atoms with E-state index in [1.807, 2.05) is 42.5 Å². The molecule has 0 aliphatic carbocycles. The number of para-hydroxylation sites is 1. The van der Waals surface area contributed by atoms with E-state index in [1.165, 1.54) is 18.2 Å². The number of anilines is 1. The van der Waals surface area contributed by atoms with Gasteiger partial charge in [-0.15, -0.1) is 0 Å². The third kappa shape index (κ3) is 6.90. The van der Waals surface area contributed by atoms with E-state index >= 15 is 0 Å². The van der Waals surface area contributed by atoms with Gasteiger partial charge in [0, 0.05) is 6.54 Å². The van der Waals surface area contributed by atoms with Crippen LogP contribution in [-0.4, -0.2) is 41.9 Å². The zero-order valence-corrected chi connectivity index (χ0v) is 19.8. The maximum atomic E-state index is 13.8. The summed E-state index contributed by atoms with van der Waals surface area (Å²) in [7, 11) is 0. The Bertz CT molecular complexity index is 1160. The van der Waals surface area contributed by atoms with Crippen molar-refractivity contribution in [3.63, 3.8) is 0 Å². The fraction of sp³-hybridized carbons (Fsp3) is 0.286. The molecule has 0 saturated carbocycles. The van der Waals surface area contributed by atoms with Crippen LogP contribution in [0.15, 0.2) is 78.9 Å². The number of hydrogen-bond acceptors (Lipinski definition) is 4. The number of nitrogens with one attached hydrogen (secondary N) is 3. The van der Waals surface area contributed by atoms with Gasteiger partial charge < -0.3 is 25.8 Å². The van der Waals surface area contributed by atoms with Crippen molar-refractivity contribution in [3.05, 3.63) is 90.2 Å². The molecule has 36 heavy (non-hydrogen) atoms. The maximum Gasteiger partial charge on any atom is 0.319 e. The molecule has 3 atom stereocenters. The Kier molecular flexibility index (Phi) is 8.65. The molecule has 7 nitrogen and oxygen atoms in total. The van der Waals surface area contributed by atoms with Gasteiger partial charge in [0.1, 0.15) is 11.9 Å². The molecule has 1 fully saturated rings. The monoisotopic (exact) mass is 491 g/mol. The summed E-state index contributed by atoms with van der Waals surface area (Å²) in [6.45, 7) is 0.0982. The highest BCUT2D eigenvalue weighted by Crippen LogP contribution is 2.23. The first kappa shape index (κ1) is 25.3. The lowest BCUT2D eigenvalue weighted by molar-refractivity contribution is -0.130. The summed E-state index contributed by atoms with van der Waals surface area (Å²) in [5.74, 6) is -0.683. The SMILES string of the molecule is O=C(C[C@H]1CC[C@H](NC(=O)Nc2ccccc2F)[C@@H](CO)O1)NCc1ccc(-c2ccccc2)cc1. The first-order valence-electron chi connectivity index (χ1n) is 12.0. The normalized spacial score (nSPS) is 19.3. The summed E-state index contributed by atoms with van der Waals surface area (Å²) in [4.78, 5) is 24.8. The number of carbonyl (C=O) groups excluding carboxylic acids is 2. The van der Waals surface area contributed by atoms with E-state index in [2.05, 4.69) is 28.1 Å². The molecule has 188 valence electrons. The van der Waals surface area contributed by atoms with Crippen LogP contribution in [0.2, 0.25) is 0 Å². The number of aliphatic hydroxyl groups is 1. The molecule has 3 amide bonds. The second kappa shape index (κ2) is 12.3.